The number of rotatable bonds is 3. The van der Waals surface area contributed by atoms with Gasteiger partial charge in [0.1, 0.15) is 12.7 Å². The molecule has 16 heavy (non-hydrogen) atoms. The van der Waals surface area contributed by atoms with Gasteiger partial charge < -0.3 is 19.3 Å². The Hall–Kier alpha value is -1.56. The maximum Gasteiger partial charge on any atom is 0.303 e. The Labute approximate surface area is 92.8 Å². The monoisotopic (exact) mass is 230 g/mol. The number of carbonyl (C=O) groups excluding carboxylic acids is 2. The molecule has 0 aromatic rings. The Bertz CT molecular complexity index is 298. The summed E-state index contributed by atoms with van der Waals surface area (Å²) >= 11 is 0. The maximum absolute atomic E-state index is 10.8. The van der Waals surface area contributed by atoms with Gasteiger partial charge in [-0.25, -0.2) is 0 Å². The van der Waals surface area contributed by atoms with Gasteiger partial charge >= 0.3 is 11.9 Å². The fraction of sp³-hybridized carbons (Fsp3) is 0.600. The SMILES string of the molecule is CC(=O)OC[C@H]1OC=C[C@@H](O)[C@@H]1OC(C)=O. The summed E-state index contributed by atoms with van der Waals surface area (Å²) in [6.45, 7) is 2.42. The molecule has 1 aliphatic heterocycles. The van der Waals surface area contributed by atoms with Gasteiger partial charge in [-0.15, -0.1) is 0 Å². The van der Waals surface area contributed by atoms with Crippen LogP contribution < -0.4 is 0 Å². The Balaban J connectivity index is 2.60. The van der Waals surface area contributed by atoms with Crippen LogP contribution in [0.1, 0.15) is 13.8 Å². The topological polar surface area (TPSA) is 82.1 Å². The van der Waals surface area contributed by atoms with Gasteiger partial charge in [0.25, 0.3) is 0 Å². The molecule has 0 radical (unpaired) electrons. The van der Waals surface area contributed by atoms with E-state index in [-0.39, 0.29) is 6.61 Å². The molecule has 1 rings (SSSR count). The Morgan fingerprint density at radius 2 is 2.06 bits per heavy atom. The van der Waals surface area contributed by atoms with Gasteiger partial charge in [0.2, 0.25) is 0 Å². The standard InChI is InChI=1S/C10H14O6/c1-6(11)15-5-9-10(16-7(2)12)8(13)3-4-14-9/h3-4,8-10,13H,5H2,1-2H3/t8-,9-,10+/m1/s1. The highest BCUT2D eigenvalue weighted by molar-refractivity contribution is 5.66. The minimum atomic E-state index is -0.960. The van der Waals surface area contributed by atoms with Crippen molar-refractivity contribution in [1.82, 2.24) is 0 Å². The van der Waals surface area contributed by atoms with Gasteiger partial charge in [0.15, 0.2) is 12.2 Å². The fourth-order valence-corrected chi connectivity index (χ4v) is 1.30. The fourth-order valence-electron chi connectivity index (χ4n) is 1.30. The molecule has 0 bridgehead atoms. The Morgan fingerprint density at radius 1 is 1.38 bits per heavy atom. The first-order chi connectivity index (χ1) is 7.50. The van der Waals surface area contributed by atoms with Crippen molar-refractivity contribution in [3.8, 4) is 0 Å². The summed E-state index contributed by atoms with van der Waals surface area (Å²) in [6, 6.07) is 0. The third-order valence-electron chi connectivity index (χ3n) is 1.99. The van der Waals surface area contributed by atoms with Crippen LogP contribution in [0.15, 0.2) is 12.3 Å². The number of ether oxygens (including phenoxy) is 3. The molecule has 0 saturated heterocycles. The van der Waals surface area contributed by atoms with Gasteiger partial charge in [-0.3, -0.25) is 9.59 Å². The molecule has 0 spiro atoms. The molecular formula is C10H14O6. The van der Waals surface area contributed by atoms with E-state index in [1.807, 2.05) is 0 Å². The summed E-state index contributed by atoms with van der Waals surface area (Å²) in [4.78, 5) is 21.5. The number of hydrogen-bond acceptors (Lipinski definition) is 6. The van der Waals surface area contributed by atoms with Crippen molar-refractivity contribution in [2.45, 2.75) is 32.2 Å². The molecule has 1 N–H and O–H groups in total. The second-order valence-corrected chi connectivity index (χ2v) is 3.37. The van der Waals surface area contributed by atoms with Crippen LogP contribution in [0.2, 0.25) is 0 Å². The minimum absolute atomic E-state index is 0.0747. The molecular weight excluding hydrogens is 216 g/mol. The molecule has 0 aromatic carbocycles. The summed E-state index contributed by atoms with van der Waals surface area (Å²) < 4.78 is 14.8. The van der Waals surface area contributed by atoms with Crippen LogP contribution >= 0.6 is 0 Å². The Morgan fingerprint density at radius 3 is 2.62 bits per heavy atom. The lowest BCUT2D eigenvalue weighted by Crippen LogP contribution is -2.45. The lowest BCUT2D eigenvalue weighted by atomic mass is 10.1. The second kappa shape index (κ2) is 5.50. The molecule has 0 amide bonds. The number of carbonyl (C=O) groups is 2. The van der Waals surface area contributed by atoms with Crippen LogP contribution in [-0.4, -0.2) is 42.0 Å². The number of aliphatic hydroxyl groups is 1. The summed E-state index contributed by atoms with van der Waals surface area (Å²) in [5.41, 5.74) is 0. The molecule has 3 atom stereocenters. The van der Waals surface area contributed by atoms with Crippen LogP contribution in [0, 0.1) is 0 Å². The molecule has 0 saturated carbocycles. The van der Waals surface area contributed by atoms with Crippen molar-refractivity contribution in [2.75, 3.05) is 6.61 Å². The van der Waals surface area contributed by atoms with E-state index < -0.39 is 30.3 Å². The average molecular weight is 230 g/mol. The molecule has 90 valence electrons. The van der Waals surface area contributed by atoms with Gasteiger partial charge in [0, 0.05) is 13.8 Å². The third-order valence-corrected chi connectivity index (χ3v) is 1.99. The molecule has 0 aromatic heterocycles. The van der Waals surface area contributed by atoms with E-state index >= 15 is 0 Å². The molecule has 1 heterocycles. The summed E-state index contributed by atoms with van der Waals surface area (Å²) in [6.07, 6.45) is 0.143. The van der Waals surface area contributed by atoms with Crippen molar-refractivity contribution >= 4 is 11.9 Å². The highest BCUT2D eigenvalue weighted by Crippen LogP contribution is 2.16. The maximum atomic E-state index is 10.8. The molecule has 6 nitrogen and oxygen atoms in total. The van der Waals surface area contributed by atoms with Gasteiger partial charge in [-0.2, -0.15) is 0 Å². The van der Waals surface area contributed by atoms with E-state index in [1.54, 1.807) is 0 Å². The highest BCUT2D eigenvalue weighted by Gasteiger charge is 2.34. The van der Waals surface area contributed by atoms with E-state index in [2.05, 4.69) is 0 Å². The zero-order valence-corrected chi connectivity index (χ0v) is 9.08. The van der Waals surface area contributed by atoms with Crippen LogP contribution in [0.3, 0.4) is 0 Å². The van der Waals surface area contributed by atoms with Crippen molar-refractivity contribution in [1.29, 1.82) is 0 Å². The normalized spacial score (nSPS) is 28.1. The van der Waals surface area contributed by atoms with Crippen LogP contribution in [0.4, 0.5) is 0 Å². The molecule has 1 aliphatic rings. The highest BCUT2D eigenvalue weighted by atomic mass is 16.6. The van der Waals surface area contributed by atoms with Crippen LogP contribution in [-0.2, 0) is 23.8 Å². The summed E-state index contributed by atoms with van der Waals surface area (Å²) in [5, 5.41) is 9.57. The molecule has 0 unspecified atom stereocenters. The van der Waals surface area contributed by atoms with Gasteiger partial charge in [-0.1, -0.05) is 0 Å². The zero-order valence-electron chi connectivity index (χ0n) is 9.08. The summed E-state index contributed by atoms with van der Waals surface area (Å²) in [5.74, 6) is -0.995. The lowest BCUT2D eigenvalue weighted by molar-refractivity contribution is -0.168. The van der Waals surface area contributed by atoms with E-state index in [0.29, 0.717) is 0 Å². The van der Waals surface area contributed by atoms with Gasteiger partial charge in [-0.05, 0) is 6.08 Å². The van der Waals surface area contributed by atoms with Crippen molar-refractivity contribution in [2.24, 2.45) is 0 Å². The lowest BCUT2D eigenvalue weighted by Gasteiger charge is -2.30. The Kier molecular flexibility index (Phi) is 4.30. The van der Waals surface area contributed by atoms with Crippen molar-refractivity contribution in [3.63, 3.8) is 0 Å². The smallest absolute Gasteiger partial charge is 0.303 e. The molecule has 6 heteroatoms. The molecule has 0 fully saturated rings. The van der Waals surface area contributed by atoms with E-state index in [1.165, 1.54) is 26.2 Å². The van der Waals surface area contributed by atoms with Crippen LogP contribution in [0.25, 0.3) is 0 Å². The predicted octanol–water partition coefficient (Wildman–Crippen LogP) is -0.245. The van der Waals surface area contributed by atoms with E-state index in [9.17, 15) is 14.7 Å². The molecule has 0 aliphatic carbocycles. The average Bonchev–Trinajstić information content (AvgIpc) is 2.18. The second-order valence-electron chi connectivity index (χ2n) is 3.37. The summed E-state index contributed by atoms with van der Waals surface area (Å²) in [7, 11) is 0. The number of hydrogen-bond donors (Lipinski definition) is 1. The first-order valence-electron chi connectivity index (χ1n) is 4.81. The first-order valence-corrected chi connectivity index (χ1v) is 4.81. The zero-order chi connectivity index (χ0) is 12.1. The number of aliphatic hydroxyl groups excluding tert-OH is 1. The van der Waals surface area contributed by atoms with Crippen LogP contribution in [0.5, 0.6) is 0 Å². The third kappa shape index (κ3) is 3.54. The van der Waals surface area contributed by atoms with E-state index in [4.69, 9.17) is 14.2 Å². The number of esters is 2. The predicted molar refractivity (Wildman–Crippen MR) is 52.2 cm³/mol. The van der Waals surface area contributed by atoms with E-state index in [0.717, 1.165) is 0 Å². The van der Waals surface area contributed by atoms with Gasteiger partial charge in [0.05, 0.1) is 6.26 Å². The largest absolute Gasteiger partial charge is 0.491 e. The minimum Gasteiger partial charge on any atom is -0.491 e. The van der Waals surface area contributed by atoms with Crippen molar-refractivity contribution in [3.05, 3.63) is 12.3 Å². The quantitative estimate of drug-likeness (QED) is 0.673. The first kappa shape index (κ1) is 12.5. The van der Waals surface area contributed by atoms with Crippen molar-refractivity contribution < 1.29 is 28.9 Å².